The van der Waals surface area contributed by atoms with Crippen LogP contribution in [0.5, 0.6) is 0 Å². The van der Waals surface area contributed by atoms with E-state index in [1.54, 1.807) is 35.9 Å². The van der Waals surface area contributed by atoms with Gasteiger partial charge in [-0.05, 0) is 31.0 Å². The minimum absolute atomic E-state index is 0.0508. The lowest BCUT2D eigenvalue weighted by Gasteiger charge is -2.28. The van der Waals surface area contributed by atoms with E-state index >= 15 is 0 Å². The van der Waals surface area contributed by atoms with Crippen LogP contribution in [-0.4, -0.2) is 53.0 Å². The Morgan fingerprint density at radius 1 is 1.33 bits per heavy atom. The smallest absolute Gasteiger partial charge is 0.228 e. The number of halogens is 1. The third-order valence-corrected chi connectivity index (χ3v) is 5.33. The highest BCUT2D eigenvalue weighted by Gasteiger charge is 2.45. The molecule has 0 aliphatic carbocycles. The summed E-state index contributed by atoms with van der Waals surface area (Å²) in [6, 6.07) is 5.62. The van der Waals surface area contributed by atoms with Crippen molar-refractivity contribution in [1.82, 2.24) is 9.80 Å². The Morgan fingerprint density at radius 2 is 2.00 bits per heavy atom. The lowest BCUT2D eigenvalue weighted by Crippen LogP contribution is -2.37. The first-order valence-corrected chi connectivity index (χ1v) is 8.36. The average Bonchev–Trinajstić information content (AvgIpc) is 3.14. The van der Waals surface area contributed by atoms with Crippen molar-refractivity contribution in [2.24, 2.45) is 11.8 Å². The van der Waals surface area contributed by atoms with Crippen LogP contribution in [0.2, 0.25) is 0 Å². The summed E-state index contributed by atoms with van der Waals surface area (Å²) in [4.78, 5) is 28.5. The Kier molecular flexibility index (Phi) is 4.58. The van der Waals surface area contributed by atoms with E-state index in [4.69, 9.17) is 0 Å². The Morgan fingerprint density at radius 3 is 2.58 bits per heavy atom. The lowest BCUT2D eigenvalue weighted by molar-refractivity contribution is -0.135. The third-order valence-electron chi connectivity index (χ3n) is 5.33. The number of likely N-dealkylation sites (tertiary alicyclic amines) is 2. The molecular formula is C18H23FN2O3. The fraction of sp³-hybridized carbons (Fsp3) is 0.556. The van der Waals surface area contributed by atoms with E-state index in [1.165, 1.54) is 12.1 Å². The average molecular weight is 334 g/mol. The SMILES string of the molecule is CC(O)C1CCN(C(=O)C2CC(=O)N(C)C2c2ccc(F)cc2)C1. The number of aliphatic hydroxyl groups is 1. The number of rotatable bonds is 3. The maximum atomic E-state index is 13.2. The number of aliphatic hydroxyl groups excluding tert-OH is 1. The van der Waals surface area contributed by atoms with Crippen LogP contribution < -0.4 is 0 Å². The summed E-state index contributed by atoms with van der Waals surface area (Å²) >= 11 is 0. The molecule has 0 spiro atoms. The predicted molar refractivity (Wildman–Crippen MR) is 86.4 cm³/mol. The molecule has 0 bridgehead atoms. The minimum Gasteiger partial charge on any atom is -0.393 e. The van der Waals surface area contributed by atoms with E-state index in [2.05, 4.69) is 0 Å². The van der Waals surface area contributed by atoms with Gasteiger partial charge in [0.15, 0.2) is 0 Å². The van der Waals surface area contributed by atoms with Crippen molar-refractivity contribution < 1.29 is 19.1 Å². The van der Waals surface area contributed by atoms with Gasteiger partial charge in [0.05, 0.1) is 18.1 Å². The van der Waals surface area contributed by atoms with E-state index < -0.39 is 12.0 Å². The van der Waals surface area contributed by atoms with Gasteiger partial charge >= 0.3 is 0 Å². The zero-order valence-corrected chi connectivity index (χ0v) is 14.0. The molecule has 4 atom stereocenters. The molecule has 1 aromatic carbocycles. The number of carbonyl (C=O) groups excluding carboxylic acids is 2. The molecule has 2 heterocycles. The van der Waals surface area contributed by atoms with Crippen molar-refractivity contribution in [3.8, 4) is 0 Å². The van der Waals surface area contributed by atoms with E-state index in [0.717, 1.165) is 12.0 Å². The van der Waals surface area contributed by atoms with Gasteiger partial charge in [0, 0.05) is 32.5 Å². The van der Waals surface area contributed by atoms with Gasteiger partial charge in [0.25, 0.3) is 0 Å². The molecule has 2 amide bonds. The molecule has 2 aliphatic heterocycles. The fourth-order valence-electron chi connectivity index (χ4n) is 3.82. The number of carbonyl (C=O) groups is 2. The van der Waals surface area contributed by atoms with Crippen LogP contribution in [0.3, 0.4) is 0 Å². The molecule has 24 heavy (non-hydrogen) atoms. The maximum Gasteiger partial charge on any atom is 0.228 e. The molecule has 0 aromatic heterocycles. The molecule has 0 radical (unpaired) electrons. The molecule has 6 heteroatoms. The number of hydrogen-bond donors (Lipinski definition) is 1. The fourth-order valence-corrected chi connectivity index (χ4v) is 3.82. The third kappa shape index (κ3) is 3.02. The van der Waals surface area contributed by atoms with Gasteiger partial charge in [-0.2, -0.15) is 0 Å². The molecule has 1 aromatic rings. The highest BCUT2D eigenvalue weighted by molar-refractivity contribution is 5.90. The van der Waals surface area contributed by atoms with Gasteiger partial charge in [-0.15, -0.1) is 0 Å². The number of amides is 2. The van der Waals surface area contributed by atoms with Crippen LogP contribution in [0.4, 0.5) is 4.39 Å². The van der Waals surface area contributed by atoms with Crippen molar-refractivity contribution in [3.63, 3.8) is 0 Å². The highest BCUT2D eigenvalue weighted by Crippen LogP contribution is 2.39. The Balaban J connectivity index is 1.81. The zero-order chi connectivity index (χ0) is 17.4. The zero-order valence-electron chi connectivity index (χ0n) is 14.0. The van der Waals surface area contributed by atoms with Gasteiger partial charge in [0.1, 0.15) is 5.82 Å². The Labute approximate surface area is 141 Å². The predicted octanol–water partition coefficient (Wildman–Crippen LogP) is 1.57. The van der Waals surface area contributed by atoms with Crippen molar-refractivity contribution in [3.05, 3.63) is 35.6 Å². The summed E-state index contributed by atoms with van der Waals surface area (Å²) in [5.74, 6) is -0.833. The number of benzene rings is 1. The molecule has 2 fully saturated rings. The monoisotopic (exact) mass is 334 g/mol. The first-order chi connectivity index (χ1) is 11.4. The standard InChI is InChI=1S/C18H23FN2O3/c1-11(22)13-7-8-21(10-13)18(24)15-9-16(23)20(2)17(15)12-3-5-14(19)6-4-12/h3-6,11,13,15,17,22H,7-10H2,1-2H3. The molecule has 5 nitrogen and oxygen atoms in total. The van der Waals surface area contributed by atoms with Gasteiger partial charge in [-0.1, -0.05) is 12.1 Å². The molecule has 4 unspecified atom stereocenters. The maximum absolute atomic E-state index is 13.2. The summed E-state index contributed by atoms with van der Waals surface area (Å²) in [6.07, 6.45) is 0.512. The van der Waals surface area contributed by atoms with Crippen LogP contribution in [0.15, 0.2) is 24.3 Å². The van der Waals surface area contributed by atoms with E-state index in [9.17, 15) is 19.1 Å². The quantitative estimate of drug-likeness (QED) is 0.913. The van der Waals surface area contributed by atoms with Crippen LogP contribution in [0.1, 0.15) is 31.4 Å². The van der Waals surface area contributed by atoms with Crippen molar-refractivity contribution in [1.29, 1.82) is 0 Å². The Bertz CT molecular complexity index is 632. The topological polar surface area (TPSA) is 60.9 Å². The van der Waals surface area contributed by atoms with Crippen LogP contribution in [0.25, 0.3) is 0 Å². The van der Waals surface area contributed by atoms with Crippen molar-refractivity contribution in [2.75, 3.05) is 20.1 Å². The summed E-state index contributed by atoms with van der Waals surface area (Å²) < 4.78 is 13.2. The second kappa shape index (κ2) is 6.51. The second-order valence-corrected chi connectivity index (χ2v) is 6.89. The number of hydrogen-bond acceptors (Lipinski definition) is 3. The normalized spacial score (nSPS) is 28.5. The van der Waals surface area contributed by atoms with Crippen LogP contribution in [0, 0.1) is 17.7 Å². The van der Waals surface area contributed by atoms with Gasteiger partial charge in [-0.3, -0.25) is 9.59 Å². The Hall–Kier alpha value is -1.95. The highest BCUT2D eigenvalue weighted by atomic mass is 19.1. The molecule has 2 aliphatic rings. The van der Waals surface area contributed by atoms with Crippen LogP contribution in [-0.2, 0) is 9.59 Å². The minimum atomic E-state index is -0.458. The molecular weight excluding hydrogens is 311 g/mol. The van der Waals surface area contributed by atoms with Gasteiger partial charge in [-0.25, -0.2) is 4.39 Å². The molecule has 1 N–H and O–H groups in total. The summed E-state index contributed by atoms with van der Waals surface area (Å²) in [5.41, 5.74) is 0.773. The van der Waals surface area contributed by atoms with E-state index in [1.807, 2.05) is 0 Å². The molecule has 130 valence electrons. The molecule has 0 saturated carbocycles. The van der Waals surface area contributed by atoms with Gasteiger partial charge < -0.3 is 14.9 Å². The largest absolute Gasteiger partial charge is 0.393 e. The van der Waals surface area contributed by atoms with Crippen LogP contribution >= 0.6 is 0 Å². The lowest BCUT2D eigenvalue weighted by atomic mass is 9.92. The van der Waals surface area contributed by atoms with Crippen molar-refractivity contribution >= 4 is 11.8 Å². The second-order valence-electron chi connectivity index (χ2n) is 6.89. The molecule has 3 rings (SSSR count). The molecule has 2 saturated heterocycles. The summed E-state index contributed by atoms with van der Waals surface area (Å²) in [5, 5.41) is 9.72. The summed E-state index contributed by atoms with van der Waals surface area (Å²) in [7, 11) is 1.69. The van der Waals surface area contributed by atoms with E-state index in [0.29, 0.717) is 13.1 Å². The summed E-state index contributed by atoms with van der Waals surface area (Å²) in [6.45, 7) is 2.88. The van der Waals surface area contributed by atoms with Gasteiger partial charge in [0.2, 0.25) is 11.8 Å². The first-order valence-electron chi connectivity index (χ1n) is 8.36. The number of nitrogens with zero attached hydrogens (tertiary/aromatic N) is 2. The first kappa shape index (κ1) is 16.9. The van der Waals surface area contributed by atoms with E-state index in [-0.39, 0.29) is 36.0 Å². The van der Waals surface area contributed by atoms with Crippen molar-refractivity contribution in [2.45, 2.75) is 31.9 Å².